The number of halogens is 3. The van der Waals surface area contributed by atoms with Gasteiger partial charge in [0, 0.05) is 96.3 Å². The van der Waals surface area contributed by atoms with Gasteiger partial charge in [0.05, 0.1) is 16.9 Å². The first-order chi connectivity index (χ1) is 42.5. The summed E-state index contributed by atoms with van der Waals surface area (Å²) in [7, 11) is 1.59. The fourth-order valence-corrected chi connectivity index (χ4v) is 10.5. The number of hydrogen-bond donors (Lipinski definition) is 5. The molecule has 5 N–H and O–H groups in total. The molecule has 2 fully saturated rings. The Morgan fingerprint density at radius 2 is 1.12 bits per heavy atom. The van der Waals surface area contributed by atoms with Crippen molar-refractivity contribution in [3.63, 3.8) is 0 Å². The van der Waals surface area contributed by atoms with Crippen LogP contribution in [0, 0.1) is 23.7 Å². The topological polar surface area (TPSA) is 193 Å². The Morgan fingerprint density at radius 1 is 0.645 bits per heavy atom. The summed E-state index contributed by atoms with van der Waals surface area (Å²) < 4.78 is 86.0. The molecule has 93 heavy (non-hydrogen) atoms. The second kappa shape index (κ2) is 35.9. The van der Waals surface area contributed by atoms with Gasteiger partial charge in [0.2, 0.25) is 5.88 Å². The number of carbonyl (C=O) groups excluding carboxylic acids is 2. The molecule has 9 rings (SSSR count). The number of piperidine rings is 1. The van der Waals surface area contributed by atoms with Crippen LogP contribution in [0.3, 0.4) is 0 Å². The van der Waals surface area contributed by atoms with Crippen LogP contribution >= 0.6 is 0 Å². The molecule has 5 atom stereocenters. The number of aliphatic imine (C=N–C) groups is 1. The van der Waals surface area contributed by atoms with E-state index in [1.54, 1.807) is 32.6 Å². The van der Waals surface area contributed by atoms with Crippen LogP contribution in [0.25, 0.3) is 5.70 Å². The molecule has 0 spiro atoms. The minimum atomic E-state index is -5.84. The van der Waals surface area contributed by atoms with E-state index in [2.05, 4.69) is 151 Å². The van der Waals surface area contributed by atoms with E-state index in [1.165, 1.54) is 41.8 Å². The first-order valence-corrected chi connectivity index (χ1v) is 33.0. The first kappa shape index (κ1) is 81.6. The molecule has 3 unspecified atom stereocenters. The molecule has 2 saturated heterocycles. The van der Waals surface area contributed by atoms with Gasteiger partial charge in [0.25, 0.3) is 0 Å². The van der Waals surface area contributed by atoms with Crippen LogP contribution in [0.2, 0.25) is 0 Å². The van der Waals surface area contributed by atoms with Crippen LogP contribution in [0.15, 0.2) is 120 Å². The summed E-state index contributed by atoms with van der Waals surface area (Å²) in [6, 6.07) is 33.9. The summed E-state index contributed by atoms with van der Waals surface area (Å²) >= 11 is 0. The number of amides is 2. The normalized spacial score (nSPS) is 20.8. The smallest absolute Gasteiger partial charge is 1.00 e. The molecule has 0 saturated carbocycles. The van der Waals surface area contributed by atoms with Crippen LogP contribution in [-0.2, 0) is 33.1 Å². The van der Waals surface area contributed by atoms with Gasteiger partial charge in [-0.3, -0.25) is 9.89 Å². The van der Waals surface area contributed by atoms with E-state index < -0.39 is 38.8 Å². The Balaban J connectivity index is 0.000000400. The van der Waals surface area contributed by atoms with E-state index in [9.17, 15) is 31.2 Å². The quantitative estimate of drug-likeness (QED) is 0.0572. The molecule has 3 radical (unpaired) electrons. The van der Waals surface area contributed by atoms with Crippen molar-refractivity contribution in [2.75, 3.05) is 75.6 Å². The summed E-state index contributed by atoms with van der Waals surface area (Å²) in [5.74, 6) is 1.25. The summed E-state index contributed by atoms with van der Waals surface area (Å²) in [6.07, 6.45) is 8.24. The number of nitrogens with one attached hydrogen (secondary N) is 5. The molecule has 0 bridgehead atoms. The molecule has 2 amide bonds. The molecule has 4 aromatic rings. The minimum absolute atomic E-state index is 0. The average molecular weight is 1320 g/mol. The number of anilines is 4. The fraction of sp³-hybridized carbons (Fsp3) is 0.551. The maximum atomic E-state index is 12.5. The Labute approximate surface area is 579 Å². The van der Waals surface area contributed by atoms with Crippen molar-refractivity contribution in [2.45, 2.75) is 169 Å². The van der Waals surface area contributed by atoms with Crippen LogP contribution in [-0.4, -0.2) is 134 Å². The van der Waals surface area contributed by atoms with Crippen molar-refractivity contribution in [1.29, 1.82) is 0 Å². The molecular weight excluding hydrogens is 1220 g/mol. The van der Waals surface area contributed by atoms with Gasteiger partial charge in [-0.05, 0) is 209 Å². The molecule has 507 valence electrons. The molecule has 0 aliphatic carbocycles. The first-order valence-electron chi connectivity index (χ1n) is 31.6. The average Bonchev–Trinajstić information content (AvgIpc) is 1.56. The number of ether oxygens (including phenoxy) is 2. The van der Waals surface area contributed by atoms with E-state index >= 15 is 0 Å². The number of rotatable bonds is 10. The molecule has 5 heterocycles. The second-order valence-corrected chi connectivity index (χ2v) is 28.6. The molecule has 5 aliphatic heterocycles. The number of benzene rings is 4. The van der Waals surface area contributed by atoms with Crippen molar-refractivity contribution in [3.8, 4) is 0 Å². The third kappa shape index (κ3) is 25.4. The number of nitrogens with zero attached hydrogens (tertiary/aromatic N) is 3. The third-order valence-electron chi connectivity index (χ3n) is 16.0. The van der Waals surface area contributed by atoms with Gasteiger partial charge in [-0.1, -0.05) is 82.3 Å². The molecule has 17 nitrogen and oxygen atoms in total. The van der Waals surface area contributed by atoms with Crippen LogP contribution < -0.4 is 61.6 Å². The Kier molecular flexibility index (Phi) is 31.5. The van der Waals surface area contributed by atoms with Gasteiger partial charge in [0.1, 0.15) is 11.2 Å². The summed E-state index contributed by atoms with van der Waals surface area (Å²) in [5, 5.41) is 16.2. The van der Waals surface area contributed by atoms with Crippen molar-refractivity contribution < 1.29 is 85.1 Å². The van der Waals surface area contributed by atoms with Gasteiger partial charge < -0.3 is 51.0 Å². The van der Waals surface area contributed by atoms with Gasteiger partial charge in [0.15, 0.2) is 0 Å². The van der Waals surface area contributed by atoms with E-state index in [0.717, 1.165) is 82.5 Å². The van der Waals surface area contributed by atoms with Gasteiger partial charge in [-0.2, -0.15) is 21.6 Å². The van der Waals surface area contributed by atoms with Crippen LogP contribution in [0.1, 0.15) is 160 Å². The Bertz CT molecular complexity index is 3230. The van der Waals surface area contributed by atoms with Crippen molar-refractivity contribution in [1.82, 2.24) is 15.1 Å². The van der Waals surface area contributed by atoms with E-state index in [0.29, 0.717) is 18.5 Å². The maximum Gasteiger partial charge on any atom is 1.00 e. The standard InChI is InChI=1S/C18H26N2O2.C13H20BNO2.C13H20N2.C13H18N2.C12H18F3NO5S.B.Na.H/c1-13-9-10-16(14-7-6-8-15(11-14)19-5)20(12-13)17(21)22-18(2,3)4;1-12(2)13(3,4)17-14(16-12)10-7-6-8-11(9-10)15-5;2*1-10-6-7-13(15-9-10)11-4-3-5-12(8-11)14-2;1-8-5-6-9(21-22(18,19)12(13,14)15)16(7-8)10(17)20-11(2,3)4;;;/h6-8,10-11,13,19H,9,12H2,1-5H3;6-9,15H,1-5H3;3-5,8,10,13-15H,6-7,9H2,1-2H3;3-5,8,10,14H,6-7,9H2,1-2H3;6,8H,5,7H2,1-4H3;;;/q;;;;;;+1;-1/t;;10-,13+;;;;;/m..0...../s1. The summed E-state index contributed by atoms with van der Waals surface area (Å²) in [6.45, 7) is 30.0. The fourth-order valence-electron chi connectivity index (χ4n) is 10.0. The monoisotopic (exact) mass is 1320 g/mol. The van der Waals surface area contributed by atoms with Crippen LogP contribution in [0.4, 0.5) is 45.5 Å². The molecule has 4 aromatic carbocycles. The third-order valence-corrected chi connectivity index (χ3v) is 17.0. The zero-order valence-electron chi connectivity index (χ0n) is 59.6. The SMILES string of the molecule is CC1CC=C(OS(=O)(=O)C(F)(F)F)N(C(=O)OC(C)(C)C)C1.CNc1cccc(B2OC(C)(C)C(C)(C)O2)c1.CNc1cccc(C2=CCC(C)CN2C(=O)OC(C)(C)C)c1.CNc1cccc(C2=NCC(C)CC2)c1.CNc1cccc([C@H]2CC[C@H](C)CN2)c1.[B].[H-].[Na+]. The van der Waals surface area contributed by atoms with E-state index in [1.807, 2.05) is 85.4 Å². The number of alkyl halides is 3. The van der Waals surface area contributed by atoms with Crippen molar-refractivity contribution in [2.24, 2.45) is 28.7 Å². The zero-order chi connectivity index (χ0) is 67.7. The largest absolute Gasteiger partial charge is 1.00 e. The predicted molar refractivity (Wildman–Crippen MR) is 371 cm³/mol. The molecule has 24 heteroatoms. The number of carbonyl (C=O) groups is 2. The van der Waals surface area contributed by atoms with Crippen molar-refractivity contribution in [3.05, 3.63) is 132 Å². The van der Waals surface area contributed by atoms with E-state index in [-0.39, 0.29) is 82.7 Å². The van der Waals surface area contributed by atoms with Gasteiger partial charge in [-0.25, -0.2) is 14.5 Å². The maximum absolute atomic E-state index is 12.5. The second-order valence-electron chi connectivity index (χ2n) is 27.1. The summed E-state index contributed by atoms with van der Waals surface area (Å²) in [5.41, 5.74) is 3.91. The molecular formula is C69H103B2F3N8NaO9S. The molecule has 0 aromatic heterocycles. The number of hydrogen-bond acceptors (Lipinski definition) is 15. The zero-order valence-corrected chi connectivity index (χ0v) is 61.4. The van der Waals surface area contributed by atoms with Crippen LogP contribution in [0.5, 0.6) is 0 Å². The minimum Gasteiger partial charge on any atom is -1.00 e. The van der Waals surface area contributed by atoms with Gasteiger partial charge >= 0.3 is 64.5 Å². The van der Waals surface area contributed by atoms with Gasteiger partial charge in [-0.15, -0.1) is 0 Å². The molecule has 5 aliphatic rings. The Hall–Kier alpha value is -5.68. The summed E-state index contributed by atoms with van der Waals surface area (Å²) in [4.78, 5) is 31.7. The predicted octanol–water partition coefficient (Wildman–Crippen LogP) is 11.8. The van der Waals surface area contributed by atoms with E-state index in [4.69, 9.17) is 18.8 Å². The number of allylic oxidation sites excluding steroid dienone is 2. The Morgan fingerprint density at radius 3 is 1.61 bits per heavy atom. The van der Waals surface area contributed by atoms with Crippen molar-refractivity contribution >= 4 is 77.5 Å².